The number of esters is 1. The van der Waals surface area contributed by atoms with Gasteiger partial charge in [-0.2, -0.15) is 0 Å². The van der Waals surface area contributed by atoms with Gasteiger partial charge < -0.3 is 39.2 Å². The highest BCUT2D eigenvalue weighted by Gasteiger charge is 2.26. The molecule has 1 aromatic heterocycles. The van der Waals surface area contributed by atoms with Crippen LogP contribution < -0.4 is 15.4 Å². The summed E-state index contributed by atoms with van der Waals surface area (Å²) in [6.45, 7) is 3.38. The fourth-order valence-electron chi connectivity index (χ4n) is 4.05. The van der Waals surface area contributed by atoms with Gasteiger partial charge in [0.05, 0.1) is 32.9 Å². The van der Waals surface area contributed by atoms with Crippen molar-refractivity contribution in [2.45, 2.75) is 44.9 Å². The van der Waals surface area contributed by atoms with E-state index in [1.165, 1.54) is 20.3 Å². The summed E-state index contributed by atoms with van der Waals surface area (Å²) in [6, 6.07) is 15.3. The second-order valence-electron chi connectivity index (χ2n) is 10.0. The van der Waals surface area contributed by atoms with Gasteiger partial charge in [-0.15, -0.1) is 0 Å². The Labute approximate surface area is 254 Å². The number of aliphatic hydroxyl groups is 1. The number of rotatable bonds is 15. The molecule has 1 heterocycles. The standard InChI is InChI=1S/C30H36ClN3O9/c1-18(2)24(33-30(38)40-4)16-41-17-42-29(37)25(35)14-23(32-28(36)26-15-27(39-3)34-43-26)12-19-8-10-20(11-9-19)21-6-5-7-22(31)13-21/h5-11,13,15,18,23-25,35H,12,14,16-17H2,1-4H3,(H,32,36)(H,33,38)/t23-,24?,25-/m1/s1. The van der Waals surface area contributed by atoms with E-state index in [1.807, 2.05) is 56.3 Å². The number of carbonyl (C=O) groups excluding carboxylic acids is 3. The molecule has 0 aliphatic rings. The molecule has 43 heavy (non-hydrogen) atoms. The summed E-state index contributed by atoms with van der Waals surface area (Å²) in [5, 5.41) is 20.3. The molecule has 0 saturated heterocycles. The number of hydrogen-bond donors (Lipinski definition) is 3. The van der Waals surface area contributed by atoms with Crippen molar-refractivity contribution >= 4 is 29.6 Å². The number of nitrogens with one attached hydrogen (secondary N) is 2. The summed E-state index contributed by atoms with van der Waals surface area (Å²) in [5.41, 5.74) is 2.74. The van der Waals surface area contributed by atoms with Gasteiger partial charge in [0.25, 0.3) is 11.8 Å². The monoisotopic (exact) mass is 617 g/mol. The lowest BCUT2D eigenvalue weighted by molar-refractivity contribution is -0.167. The molecule has 12 nitrogen and oxygen atoms in total. The van der Waals surface area contributed by atoms with Crippen LogP contribution in [0.5, 0.6) is 5.88 Å². The Kier molecular flexibility index (Phi) is 12.8. The number of ether oxygens (including phenoxy) is 4. The number of benzene rings is 2. The quantitative estimate of drug-likeness (QED) is 0.129. The number of carbonyl (C=O) groups is 3. The molecule has 0 spiro atoms. The van der Waals surface area contributed by atoms with Crippen LogP contribution in [0.1, 0.15) is 36.4 Å². The number of methoxy groups -OCH3 is 2. The average molecular weight is 618 g/mol. The van der Waals surface area contributed by atoms with Crippen LogP contribution in [0.2, 0.25) is 5.02 Å². The Morgan fingerprint density at radius 2 is 1.77 bits per heavy atom. The van der Waals surface area contributed by atoms with Crippen LogP contribution in [0, 0.1) is 5.92 Å². The molecule has 232 valence electrons. The van der Waals surface area contributed by atoms with Gasteiger partial charge in [0.1, 0.15) is 0 Å². The zero-order chi connectivity index (χ0) is 31.4. The highest BCUT2D eigenvalue weighted by Crippen LogP contribution is 2.24. The smallest absolute Gasteiger partial charge is 0.407 e. The average Bonchev–Trinajstić information content (AvgIpc) is 3.48. The van der Waals surface area contributed by atoms with Crippen molar-refractivity contribution in [3.63, 3.8) is 0 Å². The van der Waals surface area contributed by atoms with Gasteiger partial charge in [0, 0.05) is 17.5 Å². The normalized spacial score (nSPS) is 13.1. The van der Waals surface area contributed by atoms with E-state index in [0.29, 0.717) is 5.02 Å². The molecule has 0 aliphatic heterocycles. The zero-order valence-electron chi connectivity index (χ0n) is 24.4. The topological polar surface area (TPSA) is 158 Å². The van der Waals surface area contributed by atoms with Crippen LogP contribution in [0.3, 0.4) is 0 Å². The van der Waals surface area contributed by atoms with Gasteiger partial charge in [0.2, 0.25) is 5.76 Å². The van der Waals surface area contributed by atoms with Gasteiger partial charge in [-0.05, 0) is 46.3 Å². The molecule has 0 bridgehead atoms. The van der Waals surface area contributed by atoms with Crippen molar-refractivity contribution < 1.29 is 43.0 Å². The molecule has 0 radical (unpaired) electrons. The fraction of sp³-hybridized carbons (Fsp3) is 0.400. The van der Waals surface area contributed by atoms with Crippen LogP contribution in [-0.2, 0) is 25.4 Å². The fourth-order valence-corrected chi connectivity index (χ4v) is 4.24. The molecule has 3 rings (SSSR count). The second kappa shape index (κ2) is 16.5. The molecule has 2 amide bonds. The van der Waals surface area contributed by atoms with Crippen LogP contribution >= 0.6 is 11.6 Å². The van der Waals surface area contributed by atoms with Gasteiger partial charge >= 0.3 is 12.1 Å². The van der Waals surface area contributed by atoms with Crippen molar-refractivity contribution in [2.24, 2.45) is 5.92 Å². The summed E-state index contributed by atoms with van der Waals surface area (Å²) in [4.78, 5) is 36.9. The minimum atomic E-state index is -1.57. The van der Waals surface area contributed by atoms with E-state index in [0.717, 1.165) is 16.7 Å². The molecule has 3 N–H and O–H groups in total. The SMILES string of the molecule is COC(=O)NC(COCOC(=O)[C@H](O)C[C@@H](Cc1ccc(-c2cccc(Cl)c2)cc1)NC(=O)c1cc(OC)no1)C(C)C. The maximum Gasteiger partial charge on any atom is 0.407 e. The van der Waals surface area contributed by atoms with Crippen LogP contribution in [0.25, 0.3) is 11.1 Å². The Morgan fingerprint density at radius 1 is 1.02 bits per heavy atom. The van der Waals surface area contributed by atoms with E-state index >= 15 is 0 Å². The van der Waals surface area contributed by atoms with E-state index in [-0.39, 0.29) is 43.0 Å². The first kappa shape index (κ1) is 33.4. The maximum atomic E-state index is 12.9. The molecule has 0 aliphatic carbocycles. The minimum Gasteiger partial charge on any atom is -0.479 e. The third-order valence-electron chi connectivity index (χ3n) is 6.51. The molecule has 2 aromatic carbocycles. The van der Waals surface area contributed by atoms with Crippen molar-refractivity contribution in [3.8, 4) is 17.0 Å². The van der Waals surface area contributed by atoms with E-state index < -0.39 is 36.9 Å². The predicted octanol–water partition coefficient (Wildman–Crippen LogP) is 3.99. The molecule has 1 unspecified atom stereocenters. The van der Waals surface area contributed by atoms with Crippen LogP contribution in [0.4, 0.5) is 4.79 Å². The number of amides is 2. The first-order valence-corrected chi connectivity index (χ1v) is 13.9. The molecular formula is C30H36ClN3O9. The minimum absolute atomic E-state index is 0.0219. The molecule has 3 aromatic rings. The predicted molar refractivity (Wildman–Crippen MR) is 157 cm³/mol. The van der Waals surface area contributed by atoms with Gasteiger partial charge in [-0.3, -0.25) is 4.79 Å². The zero-order valence-corrected chi connectivity index (χ0v) is 25.1. The van der Waals surface area contributed by atoms with Gasteiger partial charge in [-0.1, -0.05) is 61.8 Å². The number of aromatic nitrogens is 1. The first-order chi connectivity index (χ1) is 20.6. The molecule has 13 heteroatoms. The van der Waals surface area contributed by atoms with Crippen LogP contribution in [0.15, 0.2) is 59.1 Å². The number of nitrogens with zero attached hydrogens (tertiary/aromatic N) is 1. The van der Waals surface area contributed by atoms with Gasteiger partial charge in [-0.25, -0.2) is 9.59 Å². The van der Waals surface area contributed by atoms with Crippen molar-refractivity contribution in [2.75, 3.05) is 27.6 Å². The first-order valence-electron chi connectivity index (χ1n) is 13.5. The number of alkyl carbamates (subject to hydrolysis) is 1. The van der Waals surface area contributed by atoms with E-state index in [2.05, 4.69) is 20.5 Å². The Balaban J connectivity index is 1.63. The third kappa shape index (κ3) is 10.6. The Bertz CT molecular complexity index is 1350. The third-order valence-corrected chi connectivity index (χ3v) is 6.74. The molecule has 0 fully saturated rings. The van der Waals surface area contributed by atoms with Crippen molar-refractivity contribution in [1.82, 2.24) is 15.8 Å². The largest absolute Gasteiger partial charge is 0.479 e. The summed E-state index contributed by atoms with van der Waals surface area (Å²) in [5.74, 6) is -1.47. The summed E-state index contributed by atoms with van der Waals surface area (Å²) < 4.78 is 25.0. The highest BCUT2D eigenvalue weighted by atomic mass is 35.5. The van der Waals surface area contributed by atoms with E-state index in [4.69, 9.17) is 30.3 Å². The van der Waals surface area contributed by atoms with E-state index in [9.17, 15) is 19.5 Å². The number of halogens is 1. The van der Waals surface area contributed by atoms with E-state index in [1.54, 1.807) is 6.07 Å². The lowest BCUT2D eigenvalue weighted by Crippen LogP contribution is -2.42. The lowest BCUT2D eigenvalue weighted by atomic mass is 9.97. The van der Waals surface area contributed by atoms with Gasteiger partial charge in [0.15, 0.2) is 12.9 Å². The molecule has 0 saturated carbocycles. The number of hydrogen-bond acceptors (Lipinski definition) is 10. The summed E-state index contributed by atoms with van der Waals surface area (Å²) in [6.07, 6.45) is -2.06. The van der Waals surface area contributed by atoms with Crippen molar-refractivity contribution in [3.05, 3.63) is 70.9 Å². The second-order valence-corrected chi connectivity index (χ2v) is 10.4. The lowest BCUT2D eigenvalue weighted by Gasteiger charge is -2.22. The summed E-state index contributed by atoms with van der Waals surface area (Å²) >= 11 is 6.12. The summed E-state index contributed by atoms with van der Waals surface area (Å²) in [7, 11) is 2.64. The Hall–Kier alpha value is -4.13. The van der Waals surface area contributed by atoms with Crippen LogP contribution in [-0.4, -0.2) is 74.0 Å². The van der Waals surface area contributed by atoms with Crippen molar-refractivity contribution in [1.29, 1.82) is 0 Å². The molecular weight excluding hydrogens is 582 g/mol. The maximum absolute atomic E-state index is 12.9. The highest BCUT2D eigenvalue weighted by molar-refractivity contribution is 6.30. The Morgan fingerprint density at radius 3 is 2.40 bits per heavy atom. The molecule has 3 atom stereocenters. The number of aliphatic hydroxyl groups excluding tert-OH is 1.